The number of esters is 3. The molecule has 6 aromatic carbocycles. The molecule has 2 heterocycles. The number of aliphatic hydroxyl groups excluding tert-OH is 2. The molecule has 0 bridgehead atoms. The maximum atomic E-state index is 14.0. The molecule has 414 valence electrons. The van der Waals surface area contributed by atoms with Crippen molar-refractivity contribution in [3.05, 3.63) is 226 Å². The van der Waals surface area contributed by atoms with Gasteiger partial charge in [-0.2, -0.15) is 0 Å². The summed E-state index contributed by atoms with van der Waals surface area (Å²) in [5.41, 5.74) is 14.1. The molecule has 2 aliphatic rings. The Morgan fingerprint density at radius 2 is 1.08 bits per heavy atom. The second kappa shape index (κ2) is 30.7. The topological polar surface area (TPSA) is 227 Å². The fraction of sp³-hybridized carbons (Fsp3) is 0.361. The number of nitrogens with zero attached hydrogens (tertiary/aromatic N) is 4. The van der Waals surface area contributed by atoms with E-state index in [0.29, 0.717) is 32.4 Å². The van der Waals surface area contributed by atoms with Crippen molar-refractivity contribution in [3.63, 3.8) is 0 Å². The average Bonchev–Trinajstić information content (AvgIpc) is 3.58. The second-order valence-electron chi connectivity index (χ2n) is 19.1. The Morgan fingerprint density at radius 1 is 0.557 bits per heavy atom. The third-order valence-corrected chi connectivity index (χ3v) is 13.3. The van der Waals surface area contributed by atoms with Gasteiger partial charge in [0.2, 0.25) is 0 Å². The maximum absolute atomic E-state index is 14.0. The van der Waals surface area contributed by atoms with E-state index in [4.69, 9.17) is 42.6 Å². The van der Waals surface area contributed by atoms with Gasteiger partial charge in [-0.3, -0.25) is 9.69 Å². The molecule has 0 aliphatic carbocycles. The molecule has 2 fully saturated rings. The first-order valence-corrected chi connectivity index (χ1v) is 26.4. The number of hydrogen-bond acceptors (Lipinski definition) is 16. The van der Waals surface area contributed by atoms with Crippen molar-refractivity contribution in [1.82, 2.24) is 4.90 Å². The molecule has 8 rings (SSSR count). The molecule has 0 amide bonds. The summed E-state index contributed by atoms with van der Waals surface area (Å²) in [6, 6.07) is 53.1. The minimum atomic E-state index is -1.62. The summed E-state index contributed by atoms with van der Waals surface area (Å²) in [5, 5.41) is 26.6. The Bertz CT molecular complexity index is 2800. The lowest BCUT2D eigenvalue weighted by Crippen LogP contribution is -2.65. The molecular weight excluding hydrogens is 1010 g/mol. The summed E-state index contributed by atoms with van der Waals surface area (Å²) in [4.78, 5) is 45.9. The van der Waals surface area contributed by atoms with E-state index in [2.05, 4.69) is 10.0 Å². The smallest absolute Gasteiger partial charge is 0.338 e. The maximum Gasteiger partial charge on any atom is 0.338 e. The van der Waals surface area contributed by atoms with Gasteiger partial charge in [0.1, 0.15) is 55.9 Å². The molecule has 2 N–H and O–H groups in total. The number of hydrogen-bond donors (Lipinski definition) is 2. The first kappa shape index (κ1) is 57.8. The normalized spacial score (nSPS) is 22.8. The Labute approximate surface area is 459 Å². The standard InChI is InChI=1S/C61H66N4O14/c62-64-63-52-55(73-40-45-26-12-3-13-27-45)54(79-61-57(78-59(70)48-32-18-6-19-33-48)56(53(68)49(38-66)76-61)74-41-46-28-14-4-15-29-46)50(42-75-58(69)47-30-16-5-17-31-47)77-60(52)71-35-21-7-20-34-65(36-43-22-8-1-9-23-43)37-51(67)72-39-44-24-10-2-11-25-44/h1-6,8-19,22-33,49-50,52-57,60-61,66,68H,7,20-21,34-42H2/t49?,50?,52?,53-,54-,55?,56?,57+,60-,61+/m1/s1. The highest BCUT2D eigenvalue weighted by atomic mass is 16.8. The van der Waals surface area contributed by atoms with Crippen LogP contribution in [0.2, 0.25) is 0 Å². The van der Waals surface area contributed by atoms with Crippen LogP contribution in [0, 0.1) is 0 Å². The SMILES string of the molecule is [N-]=[N+]=NC1C(OCc2ccccc2)[C@H](O[C@@H]2OC(CO)[C@@H](O)C(OCc3ccccc3)[C@@H]2OC(=O)c2ccccc2)C(COC(=O)c2ccccc2)O[C@H]1OCCCCCN(CC(=O)OCc1ccccc1)Cc1ccccc1. The predicted molar refractivity (Wildman–Crippen MR) is 288 cm³/mol. The highest BCUT2D eigenvalue weighted by Gasteiger charge is 2.54. The van der Waals surface area contributed by atoms with E-state index in [1.54, 1.807) is 60.7 Å². The molecule has 6 aromatic rings. The third kappa shape index (κ3) is 17.3. The lowest BCUT2D eigenvalue weighted by atomic mass is 9.95. The van der Waals surface area contributed by atoms with Crippen molar-refractivity contribution < 1.29 is 67.2 Å². The summed E-state index contributed by atoms with van der Waals surface area (Å²) >= 11 is 0. The van der Waals surface area contributed by atoms with Gasteiger partial charge < -0.3 is 52.8 Å². The number of unbranched alkanes of at least 4 members (excludes halogenated alkanes) is 2. The first-order chi connectivity index (χ1) is 38.8. The monoisotopic (exact) mass is 1080 g/mol. The van der Waals surface area contributed by atoms with Crippen LogP contribution in [-0.4, -0.2) is 127 Å². The van der Waals surface area contributed by atoms with Crippen LogP contribution < -0.4 is 0 Å². The lowest BCUT2D eigenvalue weighted by Gasteiger charge is -2.48. The number of rotatable bonds is 28. The van der Waals surface area contributed by atoms with E-state index in [1.165, 1.54) is 0 Å². The molecule has 2 saturated heterocycles. The van der Waals surface area contributed by atoms with Gasteiger partial charge >= 0.3 is 17.9 Å². The highest BCUT2D eigenvalue weighted by molar-refractivity contribution is 5.89. The van der Waals surface area contributed by atoms with Crippen LogP contribution in [0.3, 0.4) is 0 Å². The van der Waals surface area contributed by atoms with Gasteiger partial charge in [0, 0.05) is 18.1 Å². The van der Waals surface area contributed by atoms with Crippen molar-refractivity contribution in [2.75, 3.05) is 32.9 Å². The Kier molecular flexibility index (Phi) is 22.5. The van der Waals surface area contributed by atoms with Crippen molar-refractivity contribution in [2.45, 2.75) is 107 Å². The van der Waals surface area contributed by atoms with Crippen molar-refractivity contribution >= 4 is 17.9 Å². The molecule has 5 unspecified atom stereocenters. The first-order valence-electron chi connectivity index (χ1n) is 26.4. The summed E-state index contributed by atoms with van der Waals surface area (Å²) in [7, 11) is 0. The number of aliphatic hydroxyl groups is 2. The van der Waals surface area contributed by atoms with Gasteiger partial charge in [-0.1, -0.05) is 163 Å². The van der Waals surface area contributed by atoms with Gasteiger partial charge in [0.25, 0.3) is 0 Å². The van der Waals surface area contributed by atoms with E-state index >= 15 is 0 Å². The molecule has 0 aromatic heterocycles. The highest BCUT2D eigenvalue weighted by Crippen LogP contribution is 2.36. The van der Waals surface area contributed by atoms with Gasteiger partial charge in [0.05, 0.1) is 37.5 Å². The Balaban J connectivity index is 1.04. The van der Waals surface area contributed by atoms with Crippen LogP contribution in [-0.2, 0) is 73.8 Å². The fourth-order valence-electron chi connectivity index (χ4n) is 9.27. The molecule has 0 spiro atoms. The number of ether oxygens (including phenoxy) is 9. The minimum Gasteiger partial charge on any atom is -0.460 e. The summed E-state index contributed by atoms with van der Waals surface area (Å²) < 4.78 is 57.1. The number of benzene rings is 6. The second-order valence-corrected chi connectivity index (χ2v) is 19.1. The third-order valence-electron chi connectivity index (χ3n) is 13.3. The molecule has 0 radical (unpaired) electrons. The molecule has 2 aliphatic heterocycles. The van der Waals surface area contributed by atoms with Crippen LogP contribution in [0.5, 0.6) is 0 Å². The molecule has 10 atom stereocenters. The van der Waals surface area contributed by atoms with Crippen molar-refractivity contribution in [3.8, 4) is 0 Å². The average molecular weight is 1080 g/mol. The largest absolute Gasteiger partial charge is 0.460 e. The number of azide groups is 1. The Hall–Kier alpha value is -7.32. The molecule has 18 heteroatoms. The number of carbonyl (C=O) groups excluding carboxylic acids is 3. The lowest BCUT2D eigenvalue weighted by molar-refractivity contribution is -0.353. The van der Waals surface area contributed by atoms with E-state index in [0.717, 1.165) is 22.3 Å². The van der Waals surface area contributed by atoms with E-state index in [1.807, 2.05) is 126 Å². The summed E-state index contributed by atoms with van der Waals surface area (Å²) in [5.74, 6) is -1.80. The number of carbonyl (C=O) groups is 3. The van der Waals surface area contributed by atoms with E-state index in [-0.39, 0.29) is 50.1 Å². The summed E-state index contributed by atoms with van der Waals surface area (Å²) in [6.45, 7) is 0.325. The zero-order chi connectivity index (χ0) is 55.0. The molecule has 18 nitrogen and oxygen atoms in total. The molecule has 0 saturated carbocycles. The van der Waals surface area contributed by atoms with Crippen LogP contribution in [0.15, 0.2) is 187 Å². The molecular formula is C61H66N4O14. The quantitative estimate of drug-likeness (QED) is 0.0117. The van der Waals surface area contributed by atoms with Crippen LogP contribution in [0.1, 0.15) is 62.2 Å². The zero-order valence-electron chi connectivity index (χ0n) is 43.7. The summed E-state index contributed by atoms with van der Waals surface area (Å²) in [6.07, 6.45) is -10.5. The zero-order valence-corrected chi connectivity index (χ0v) is 43.7. The van der Waals surface area contributed by atoms with Crippen LogP contribution in [0.4, 0.5) is 0 Å². The Morgan fingerprint density at radius 3 is 1.65 bits per heavy atom. The van der Waals surface area contributed by atoms with Gasteiger partial charge in [0.15, 0.2) is 18.7 Å². The van der Waals surface area contributed by atoms with E-state index in [9.17, 15) is 30.1 Å². The minimum absolute atomic E-state index is 0.0237. The van der Waals surface area contributed by atoms with Crippen molar-refractivity contribution in [1.29, 1.82) is 0 Å². The fourth-order valence-corrected chi connectivity index (χ4v) is 9.27. The van der Waals surface area contributed by atoms with Gasteiger partial charge in [-0.05, 0) is 77.9 Å². The molecule has 79 heavy (non-hydrogen) atoms. The van der Waals surface area contributed by atoms with E-state index < -0.39 is 86.5 Å². The van der Waals surface area contributed by atoms with Crippen LogP contribution in [0.25, 0.3) is 10.4 Å². The van der Waals surface area contributed by atoms with Gasteiger partial charge in [-0.15, -0.1) is 0 Å². The van der Waals surface area contributed by atoms with Crippen molar-refractivity contribution in [2.24, 2.45) is 5.11 Å². The van der Waals surface area contributed by atoms with Gasteiger partial charge in [-0.25, -0.2) is 9.59 Å². The van der Waals surface area contributed by atoms with Crippen LogP contribution >= 0.6 is 0 Å². The predicted octanol–water partition coefficient (Wildman–Crippen LogP) is 8.54.